The van der Waals surface area contributed by atoms with Crippen LogP contribution in [0.2, 0.25) is 5.02 Å². The van der Waals surface area contributed by atoms with E-state index in [0.717, 1.165) is 25.9 Å². The van der Waals surface area contributed by atoms with E-state index in [1.165, 1.54) is 13.2 Å². The van der Waals surface area contributed by atoms with Crippen molar-refractivity contribution in [3.05, 3.63) is 28.8 Å². The van der Waals surface area contributed by atoms with Crippen molar-refractivity contribution in [3.63, 3.8) is 0 Å². The summed E-state index contributed by atoms with van der Waals surface area (Å²) in [4.78, 5) is 23.8. The Balaban J connectivity index is 2.04. The van der Waals surface area contributed by atoms with Crippen LogP contribution in [-0.2, 0) is 9.53 Å². The monoisotopic (exact) mass is 310 g/mol. The van der Waals surface area contributed by atoms with Crippen molar-refractivity contribution in [3.8, 4) is 0 Å². The zero-order valence-electron chi connectivity index (χ0n) is 11.9. The van der Waals surface area contributed by atoms with Gasteiger partial charge < -0.3 is 15.4 Å². The third kappa shape index (κ3) is 4.44. The van der Waals surface area contributed by atoms with Crippen LogP contribution in [0, 0.1) is 5.92 Å². The van der Waals surface area contributed by atoms with E-state index in [1.54, 1.807) is 12.1 Å². The molecule has 1 amide bonds. The molecule has 0 aliphatic carbocycles. The molecular weight excluding hydrogens is 292 g/mol. The summed E-state index contributed by atoms with van der Waals surface area (Å²) in [7, 11) is 1.29. The number of piperidine rings is 1. The number of benzene rings is 1. The molecule has 2 rings (SSSR count). The van der Waals surface area contributed by atoms with E-state index in [1.807, 2.05) is 0 Å². The second kappa shape index (κ2) is 7.43. The van der Waals surface area contributed by atoms with E-state index in [4.69, 9.17) is 16.3 Å². The van der Waals surface area contributed by atoms with Gasteiger partial charge in [-0.3, -0.25) is 4.79 Å². The zero-order chi connectivity index (χ0) is 15.2. The summed E-state index contributed by atoms with van der Waals surface area (Å²) in [6, 6.07) is 4.74. The predicted molar refractivity (Wildman–Crippen MR) is 81.6 cm³/mol. The third-order valence-corrected chi connectivity index (χ3v) is 3.77. The van der Waals surface area contributed by atoms with Crippen LogP contribution in [0.25, 0.3) is 0 Å². The largest absolute Gasteiger partial charge is 0.465 e. The second-order valence-electron chi connectivity index (χ2n) is 5.15. The van der Waals surface area contributed by atoms with Crippen molar-refractivity contribution in [2.45, 2.75) is 19.3 Å². The average molecular weight is 311 g/mol. The molecule has 2 N–H and O–H groups in total. The fraction of sp³-hybridized carbons (Fsp3) is 0.467. The molecule has 1 aromatic carbocycles. The van der Waals surface area contributed by atoms with E-state index in [0.29, 0.717) is 23.0 Å². The van der Waals surface area contributed by atoms with Gasteiger partial charge in [0.2, 0.25) is 5.91 Å². The van der Waals surface area contributed by atoms with E-state index >= 15 is 0 Å². The van der Waals surface area contributed by atoms with Crippen molar-refractivity contribution >= 4 is 29.2 Å². The number of methoxy groups -OCH3 is 1. The number of amides is 1. The summed E-state index contributed by atoms with van der Waals surface area (Å²) >= 11 is 5.88. The van der Waals surface area contributed by atoms with Gasteiger partial charge in [-0.25, -0.2) is 4.79 Å². The molecule has 1 heterocycles. The van der Waals surface area contributed by atoms with E-state index in [2.05, 4.69) is 10.6 Å². The number of rotatable bonds is 4. The smallest absolute Gasteiger partial charge is 0.340 e. The fourth-order valence-corrected chi connectivity index (χ4v) is 2.64. The van der Waals surface area contributed by atoms with Crippen molar-refractivity contribution < 1.29 is 14.3 Å². The van der Waals surface area contributed by atoms with Crippen molar-refractivity contribution in [1.82, 2.24) is 5.32 Å². The third-order valence-electron chi connectivity index (χ3n) is 3.53. The van der Waals surface area contributed by atoms with Gasteiger partial charge in [-0.05, 0) is 50.0 Å². The maximum absolute atomic E-state index is 12.1. The fourth-order valence-electron chi connectivity index (χ4n) is 2.47. The lowest BCUT2D eigenvalue weighted by Gasteiger charge is -2.22. The quantitative estimate of drug-likeness (QED) is 0.838. The molecule has 6 heteroatoms. The number of carbonyl (C=O) groups excluding carboxylic acids is 2. The molecule has 0 bridgehead atoms. The van der Waals surface area contributed by atoms with Gasteiger partial charge in [-0.1, -0.05) is 11.6 Å². The summed E-state index contributed by atoms with van der Waals surface area (Å²) < 4.78 is 4.70. The zero-order valence-corrected chi connectivity index (χ0v) is 12.7. The van der Waals surface area contributed by atoms with Gasteiger partial charge in [0.05, 0.1) is 18.4 Å². The van der Waals surface area contributed by atoms with E-state index < -0.39 is 5.97 Å². The number of ether oxygens (including phenoxy) is 1. The normalized spacial score (nSPS) is 18.1. The Morgan fingerprint density at radius 3 is 2.95 bits per heavy atom. The minimum absolute atomic E-state index is 0.101. The van der Waals surface area contributed by atoms with Crippen LogP contribution >= 0.6 is 11.6 Å². The van der Waals surface area contributed by atoms with Crippen molar-refractivity contribution in [1.29, 1.82) is 0 Å². The summed E-state index contributed by atoms with van der Waals surface area (Å²) in [5.41, 5.74) is 0.695. The van der Waals surface area contributed by atoms with Crippen LogP contribution in [0.5, 0.6) is 0 Å². The molecule has 1 aliphatic heterocycles. The number of esters is 1. The Hall–Kier alpha value is -1.59. The first-order valence-electron chi connectivity index (χ1n) is 6.98. The molecule has 1 aliphatic rings. The molecule has 0 aromatic heterocycles. The molecule has 0 radical (unpaired) electrons. The van der Waals surface area contributed by atoms with Crippen molar-refractivity contribution in [2.24, 2.45) is 5.92 Å². The first-order valence-corrected chi connectivity index (χ1v) is 7.36. The topological polar surface area (TPSA) is 67.4 Å². The number of nitrogens with one attached hydrogen (secondary N) is 2. The standard InChI is InChI=1S/C15H19ClN2O3/c1-21-15(20)12-8-11(16)4-5-13(12)18-14(19)7-10-3-2-6-17-9-10/h4-5,8,10,17H,2-3,6-7,9H2,1H3,(H,18,19). The second-order valence-corrected chi connectivity index (χ2v) is 5.58. The maximum atomic E-state index is 12.1. The van der Waals surface area contributed by atoms with E-state index in [-0.39, 0.29) is 11.5 Å². The Morgan fingerprint density at radius 1 is 1.48 bits per heavy atom. The minimum Gasteiger partial charge on any atom is -0.465 e. The van der Waals surface area contributed by atoms with Gasteiger partial charge in [-0.2, -0.15) is 0 Å². The van der Waals surface area contributed by atoms with Gasteiger partial charge in [0, 0.05) is 11.4 Å². The van der Waals surface area contributed by atoms with Crippen LogP contribution in [-0.4, -0.2) is 32.1 Å². The first kappa shape index (κ1) is 15.8. The maximum Gasteiger partial charge on any atom is 0.340 e. The molecule has 5 nitrogen and oxygen atoms in total. The Bertz CT molecular complexity index is 528. The van der Waals surface area contributed by atoms with Crippen LogP contribution in [0.15, 0.2) is 18.2 Å². The number of hydrogen-bond donors (Lipinski definition) is 2. The molecule has 114 valence electrons. The lowest BCUT2D eigenvalue weighted by Crippen LogP contribution is -2.32. The molecule has 1 aromatic rings. The Kier molecular flexibility index (Phi) is 5.59. The van der Waals surface area contributed by atoms with Crippen LogP contribution < -0.4 is 10.6 Å². The molecule has 1 unspecified atom stereocenters. The molecule has 21 heavy (non-hydrogen) atoms. The summed E-state index contributed by atoms with van der Waals surface area (Å²) in [6.45, 7) is 1.87. The molecule has 0 saturated carbocycles. The summed E-state index contributed by atoms with van der Waals surface area (Å²) in [5, 5.41) is 6.47. The first-order chi connectivity index (χ1) is 10.1. The Morgan fingerprint density at radius 2 is 2.29 bits per heavy atom. The van der Waals surface area contributed by atoms with Crippen LogP contribution in [0.3, 0.4) is 0 Å². The Labute approximate surface area is 129 Å². The minimum atomic E-state index is -0.521. The van der Waals surface area contributed by atoms with Crippen LogP contribution in [0.4, 0.5) is 5.69 Å². The SMILES string of the molecule is COC(=O)c1cc(Cl)ccc1NC(=O)CC1CCCNC1. The average Bonchev–Trinajstić information content (AvgIpc) is 2.49. The molecular formula is C15H19ClN2O3. The molecule has 1 fully saturated rings. The van der Waals surface area contributed by atoms with Gasteiger partial charge in [0.25, 0.3) is 0 Å². The van der Waals surface area contributed by atoms with Crippen molar-refractivity contribution in [2.75, 3.05) is 25.5 Å². The molecule has 1 saturated heterocycles. The summed E-state index contributed by atoms with van der Waals surface area (Å²) in [5.74, 6) is -0.282. The number of anilines is 1. The highest BCUT2D eigenvalue weighted by Crippen LogP contribution is 2.22. The molecule has 1 atom stereocenters. The lowest BCUT2D eigenvalue weighted by atomic mass is 9.96. The highest BCUT2D eigenvalue weighted by atomic mass is 35.5. The highest BCUT2D eigenvalue weighted by molar-refractivity contribution is 6.31. The lowest BCUT2D eigenvalue weighted by molar-refractivity contribution is -0.117. The van der Waals surface area contributed by atoms with Gasteiger partial charge >= 0.3 is 5.97 Å². The number of carbonyl (C=O) groups is 2. The van der Waals surface area contributed by atoms with E-state index in [9.17, 15) is 9.59 Å². The summed E-state index contributed by atoms with van der Waals surface area (Å²) in [6.07, 6.45) is 2.58. The highest BCUT2D eigenvalue weighted by Gasteiger charge is 2.19. The van der Waals surface area contributed by atoms with Crippen LogP contribution in [0.1, 0.15) is 29.6 Å². The van der Waals surface area contributed by atoms with Gasteiger partial charge in [0.1, 0.15) is 0 Å². The predicted octanol–water partition coefficient (Wildman–Crippen LogP) is 2.45. The number of halogens is 1. The molecule has 0 spiro atoms. The number of hydrogen-bond acceptors (Lipinski definition) is 4. The van der Waals surface area contributed by atoms with Gasteiger partial charge in [-0.15, -0.1) is 0 Å². The van der Waals surface area contributed by atoms with Gasteiger partial charge in [0.15, 0.2) is 0 Å².